The topological polar surface area (TPSA) is 50.4 Å². The Labute approximate surface area is 137 Å². The summed E-state index contributed by atoms with van der Waals surface area (Å²) in [5.41, 5.74) is -0.103. The van der Waals surface area contributed by atoms with Crippen molar-refractivity contribution in [2.24, 2.45) is 11.8 Å². The fourth-order valence-electron chi connectivity index (χ4n) is 2.01. The number of carbonyl (C=O) groups excluding carboxylic acids is 1. The summed E-state index contributed by atoms with van der Waals surface area (Å²) in [7, 11) is 0. The second kappa shape index (κ2) is 7.83. The maximum atomic E-state index is 13.3. The molecule has 1 aliphatic rings. The van der Waals surface area contributed by atoms with Gasteiger partial charge in [-0.05, 0) is 31.1 Å². The van der Waals surface area contributed by atoms with Crippen molar-refractivity contribution in [2.45, 2.75) is 13.1 Å². The van der Waals surface area contributed by atoms with Crippen molar-refractivity contribution in [1.29, 1.82) is 0 Å². The van der Waals surface area contributed by atoms with Crippen LogP contribution in [0.2, 0.25) is 0 Å². The van der Waals surface area contributed by atoms with Gasteiger partial charge in [-0.15, -0.1) is 12.4 Å². The minimum atomic E-state index is -4.51. The van der Waals surface area contributed by atoms with Crippen LogP contribution in [0.15, 0.2) is 18.2 Å². The van der Waals surface area contributed by atoms with Crippen LogP contribution >= 0.6 is 12.4 Å². The molecule has 130 valence electrons. The summed E-state index contributed by atoms with van der Waals surface area (Å²) < 4.78 is 54.5. The van der Waals surface area contributed by atoms with Gasteiger partial charge >= 0.3 is 6.18 Å². The number of alkyl halides is 3. The standard InChI is InChI=1S/C14H16F4N2O2.ClH/c1-8(9-5-19-6-9)13(21)20-11-4-10(15)2-3-12(11)22-7-14(16,17)18;/h2-4,8-9,19H,5-7H2,1H3,(H,20,21);1H. The summed E-state index contributed by atoms with van der Waals surface area (Å²) in [4.78, 5) is 12.1. The highest BCUT2D eigenvalue weighted by atomic mass is 35.5. The van der Waals surface area contributed by atoms with E-state index < -0.39 is 18.6 Å². The van der Waals surface area contributed by atoms with E-state index in [0.29, 0.717) is 13.1 Å². The third-order valence-electron chi connectivity index (χ3n) is 3.52. The molecule has 2 N–H and O–H groups in total. The lowest BCUT2D eigenvalue weighted by Crippen LogP contribution is -2.48. The number of rotatable bonds is 5. The zero-order valence-electron chi connectivity index (χ0n) is 12.2. The van der Waals surface area contributed by atoms with Crippen molar-refractivity contribution in [3.63, 3.8) is 0 Å². The fourth-order valence-corrected chi connectivity index (χ4v) is 2.01. The number of ether oxygens (including phenoxy) is 1. The van der Waals surface area contributed by atoms with Crippen molar-refractivity contribution in [3.05, 3.63) is 24.0 Å². The first-order chi connectivity index (χ1) is 10.3. The quantitative estimate of drug-likeness (QED) is 0.797. The molecule has 0 aliphatic carbocycles. The molecular formula is C14H17ClF4N2O2. The van der Waals surface area contributed by atoms with Gasteiger partial charge in [0.15, 0.2) is 6.61 Å². The van der Waals surface area contributed by atoms with Crippen molar-refractivity contribution < 1.29 is 27.1 Å². The van der Waals surface area contributed by atoms with E-state index in [1.165, 1.54) is 0 Å². The van der Waals surface area contributed by atoms with Gasteiger partial charge in [0.1, 0.15) is 11.6 Å². The molecule has 0 aromatic heterocycles. The monoisotopic (exact) mass is 356 g/mol. The van der Waals surface area contributed by atoms with E-state index in [-0.39, 0.29) is 41.6 Å². The summed E-state index contributed by atoms with van der Waals surface area (Å²) in [6.45, 7) is 1.62. The molecule has 0 bridgehead atoms. The van der Waals surface area contributed by atoms with E-state index in [9.17, 15) is 22.4 Å². The predicted molar refractivity (Wildman–Crippen MR) is 79.4 cm³/mol. The molecule has 1 unspecified atom stereocenters. The lowest BCUT2D eigenvalue weighted by Gasteiger charge is -2.31. The van der Waals surface area contributed by atoms with Crippen LogP contribution in [0, 0.1) is 17.7 Å². The molecule has 1 aromatic rings. The highest BCUT2D eigenvalue weighted by Gasteiger charge is 2.31. The van der Waals surface area contributed by atoms with Gasteiger partial charge in [0, 0.05) is 12.0 Å². The molecule has 23 heavy (non-hydrogen) atoms. The molecule has 0 radical (unpaired) electrons. The lowest BCUT2D eigenvalue weighted by atomic mass is 9.88. The molecule has 2 rings (SSSR count). The zero-order valence-corrected chi connectivity index (χ0v) is 13.1. The van der Waals surface area contributed by atoms with Crippen molar-refractivity contribution in [2.75, 3.05) is 25.0 Å². The van der Waals surface area contributed by atoms with E-state index in [1.807, 2.05) is 0 Å². The van der Waals surface area contributed by atoms with E-state index in [2.05, 4.69) is 15.4 Å². The van der Waals surface area contributed by atoms with Gasteiger partial charge in [0.05, 0.1) is 5.69 Å². The molecule has 4 nitrogen and oxygen atoms in total. The fraction of sp³-hybridized carbons (Fsp3) is 0.500. The van der Waals surface area contributed by atoms with Gasteiger partial charge < -0.3 is 15.4 Å². The van der Waals surface area contributed by atoms with E-state index >= 15 is 0 Å². The Hall–Kier alpha value is -1.54. The Morgan fingerprint density at radius 1 is 1.43 bits per heavy atom. The van der Waals surface area contributed by atoms with Crippen LogP contribution in [0.5, 0.6) is 5.75 Å². The van der Waals surface area contributed by atoms with E-state index in [0.717, 1.165) is 18.2 Å². The maximum Gasteiger partial charge on any atom is 0.422 e. The van der Waals surface area contributed by atoms with E-state index in [4.69, 9.17) is 0 Å². The Balaban J connectivity index is 0.00000264. The number of amides is 1. The first kappa shape index (κ1) is 19.5. The summed E-state index contributed by atoms with van der Waals surface area (Å²) in [5, 5.41) is 5.47. The molecule has 9 heteroatoms. The molecule has 0 saturated carbocycles. The molecule has 1 amide bonds. The SMILES string of the molecule is CC(C(=O)Nc1cc(F)ccc1OCC(F)(F)F)C1CNC1.Cl. The van der Waals surface area contributed by atoms with Crippen molar-refractivity contribution in [1.82, 2.24) is 5.32 Å². The molecule has 0 spiro atoms. The first-order valence-corrected chi connectivity index (χ1v) is 6.77. The third kappa shape index (κ3) is 5.54. The highest BCUT2D eigenvalue weighted by molar-refractivity contribution is 5.94. The molecule has 1 fully saturated rings. The van der Waals surface area contributed by atoms with Crippen LogP contribution in [0.4, 0.5) is 23.2 Å². The number of nitrogens with one attached hydrogen (secondary N) is 2. The average Bonchev–Trinajstić information content (AvgIpc) is 2.34. The molecular weight excluding hydrogens is 340 g/mol. The number of hydrogen-bond donors (Lipinski definition) is 2. The van der Waals surface area contributed by atoms with Gasteiger partial charge in [-0.25, -0.2) is 4.39 Å². The largest absolute Gasteiger partial charge is 0.482 e. The number of benzene rings is 1. The lowest BCUT2D eigenvalue weighted by molar-refractivity contribution is -0.153. The van der Waals surface area contributed by atoms with E-state index in [1.54, 1.807) is 6.92 Å². The normalized spacial score (nSPS) is 16.0. The minimum absolute atomic E-state index is 0. The molecule has 1 heterocycles. The van der Waals surface area contributed by atoms with Crippen LogP contribution in [-0.4, -0.2) is 31.8 Å². The Bertz CT molecular complexity index is 550. The molecule has 1 aromatic carbocycles. The van der Waals surface area contributed by atoms with Crippen LogP contribution < -0.4 is 15.4 Å². The highest BCUT2D eigenvalue weighted by Crippen LogP contribution is 2.29. The Morgan fingerprint density at radius 2 is 2.09 bits per heavy atom. The number of carbonyl (C=O) groups is 1. The summed E-state index contributed by atoms with van der Waals surface area (Å²) in [6, 6.07) is 2.97. The molecule has 1 saturated heterocycles. The average molecular weight is 357 g/mol. The second-order valence-corrected chi connectivity index (χ2v) is 5.24. The second-order valence-electron chi connectivity index (χ2n) is 5.24. The van der Waals surface area contributed by atoms with Gasteiger partial charge in [-0.2, -0.15) is 13.2 Å². The number of halogens is 5. The van der Waals surface area contributed by atoms with Crippen LogP contribution in [0.1, 0.15) is 6.92 Å². The van der Waals surface area contributed by atoms with Gasteiger partial charge in [-0.3, -0.25) is 4.79 Å². The Morgan fingerprint density at radius 3 is 2.61 bits per heavy atom. The Kier molecular flexibility index (Phi) is 6.64. The molecule has 1 aliphatic heterocycles. The van der Waals surface area contributed by atoms with Gasteiger partial charge in [0.2, 0.25) is 5.91 Å². The maximum absolute atomic E-state index is 13.3. The summed E-state index contributed by atoms with van der Waals surface area (Å²) in [6.07, 6.45) is -4.51. The predicted octanol–water partition coefficient (Wildman–Crippen LogP) is 2.98. The number of anilines is 1. The van der Waals surface area contributed by atoms with Crippen LogP contribution in [-0.2, 0) is 4.79 Å². The van der Waals surface area contributed by atoms with Crippen molar-refractivity contribution >= 4 is 24.0 Å². The zero-order chi connectivity index (χ0) is 16.3. The third-order valence-corrected chi connectivity index (χ3v) is 3.52. The first-order valence-electron chi connectivity index (χ1n) is 6.77. The van der Waals surface area contributed by atoms with Crippen LogP contribution in [0.25, 0.3) is 0 Å². The van der Waals surface area contributed by atoms with Crippen molar-refractivity contribution in [3.8, 4) is 5.75 Å². The van der Waals surface area contributed by atoms with Crippen LogP contribution in [0.3, 0.4) is 0 Å². The summed E-state index contributed by atoms with van der Waals surface area (Å²) in [5.74, 6) is -1.44. The smallest absolute Gasteiger partial charge is 0.422 e. The van der Waals surface area contributed by atoms with Gasteiger partial charge in [-0.1, -0.05) is 6.92 Å². The molecule has 1 atom stereocenters. The number of hydrogen-bond acceptors (Lipinski definition) is 3. The summed E-state index contributed by atoms with van der Waals surface area (Å²) >= 11 is 0. The minimum Gasteiger partial charge on any atom is -0.482 e. The van der Waals surface area contributed by atoms with Gasteiger partial charge in [0.25, 0.3) is 0 Å².